The Morgan fingerprint density at radius 2 is 2.15 bits per heavy atom. The molecule has 0 saturated heterocycles. The van der Waals surface area contributed by atoms with E-state index < -0.39 is 12.1 Å². The fourth-order valence-electron chi connectivity index (χ4n) is 1.83. The second-order valence-corrected chi connectivity index (χ2v) is 4.61. The van der Waals surface area contributed by atoms with Crippen LogP contribution in [0.5, 0.6) is 0 Å². The number of aliphatic hydroxyl groups excluding tert-OH is 1. The lowest BCUT2D eigenvalue weighted by Crippen LogP contribution is -2.20. The summed E-state index contributed by atoms with van der Waals surface area (Å²) in [7, 11) is 3.06. The van der Waals surface area contributed by atoms with Gasteiger partial charge in [-0.25, -0.2) is 9.48 Å². The number of carbonyl (C=O) groups excluding carboxylic acids is 1. The Labute approximate surface area is 116 Å². The van der Waals surface area contributed by atoms with E-state index in [1.54, 1.807) is 38.0 Å². The van der Waals surface area contributed by atoms with E-state index in [2.05, 4.69) is 15.4 Å². The number of methoxy groups -OCH3 is 1. The average molecular weight is 279 g/mol. The molecular formula is C12H17N5O3. The van der Waals surface area contributed by atoms with Crippen molar-refractivity contribution in [3.63, 3.8) is 0 Å². The zero-order valence-corrected chi connectivity index (χ0v) is 11.8. The maximum Gasteiger partial charge on any atom is 0.360 e. The van der Waals surface area contributed by atoms with E-state index >= 15 is 0 Å². The van der Waals surface area contributed by atoms with Gasteiger partial charge in [0.1, 0.15) is 5.69 Å². The van der Waals surface area contributed by atoms with Crippen LogP contribution in [0.1, 0.15) is 30.4 Å². The highest BCUT2D eigenvalue weighted by atomic mass is 16.5. The van der Waals surface area contributed by atoms with Crippen molar-refractivity contribution in [1.82, 2.24) is 24.8 Å². The molecule has 0 spiro atoms. The molecule has 0 radical (unpaired) electrons. The number of aliphatic hydroxyl groups is 1. The molecule has 2 rings (SSSR count). The Morgan fingerprint density at radius 3 is 2.65 bits per heavy atom. The lowest BCUT2D eigenvalue weighted by Gasteiger charge is -2.16. The van der Waals surface area contributed by atoms with Crippen LogP contribution in [0.4, 0.5) is 0 Å². The molecule has 2 aromatic heterocycles. The van der Waals surface area contributed by atoms with E-state index in [1.165, 1.54) is 11.8 Å². The molecule has 0 saturated carbocycles. The molecule has 20 heavy (non-hydrogen) atoms. The second-order valence-electron chi connectivity index (χ2n) is 4.61. The predicted molar refractivity (Wildman–Crippen MR) is 70.0 cm³/mol. The monoisotopic (exact) mass is 279 g/mol. The van der Waals surface area contributed by atoms with Crippen LogP contribution in [-0.2, 0) is 11.8 Å². The van der Waals surface area contributed by atoms with Crippen molar-refractivity contribution in [2.45, 2.75) is 26.0 Å². The van der Waals surface area contributed by atoms with Gasteiger partial charge in [-0.3, -0.25) is 4.68 Å². The van der Waals surface area contributed by atoms with Crippen LogP contribution in [-0.4, -0.2) is 49.1 Å². The first-order chi connectivity index (χ1) is 9.45. The standard InChI is InChI=1S/C12H17N5O3/c1-7(8(2)18)17-11(9-5-13-16(3)6-9)10(14-15-17)12(19)20-4/h5-8,18H,1-4H3. The number of rotatable bonds is 4. The predicted octanol–water partition coefficient (Wildman–Crippen LogP) is 0.407. The largest absolute Gasteiger partial charge is 0.464 e. The Bertz CT molecular complexity index is 616. The van der Waals surface area contributed by atoms with Crippen LogP contribution in [0.2, 0.25) is 0 Å². The molecule has 2 aromatic rings. The summed E-state index contributed by atoms with van der Waals surface area (Å²) in [5, 5.41) is 21.6. The minimum Gasteiger partial charge on any atom is -0.464 e. The molecule has 0 bridgehead atoms. The number of aromatic nitrogens is 5. The number of aryl methyl sites for hydroxylation is 1. The van der Waals surface area contributed by atoms with Gasteiger partial charge < -0.3 is 9.84 Å². The van der Waals surface area contributed by atoms with Crippen molar-refractivity contribution in [1.29, 1.82) is 0 Å². The Balaban J connectivity index is 2.59. The van der Waals surface area contributed by atoms with Crippen molar-refractivity contribution in [2.24, 2.45) is 7.05 Å². The van der Waals surface area contributed by atoms with Crippen molar-refractivity contribution in [2.75, 3.05) is 7.11 Å². The Kier molecular flexibility index (Phi) is 3.84. The van der Waals surface area contributed by atoms with Gasteiger partial charge in [-0.1, -0.05) is 5.21 Å². The maximum atomic E-state index is 11.8. The fraction of sp³-hybridized carbons (Fsp3) is 0.500. The SMILES string of the molecule is COC(=O)c1nnn(C(C)C(C)O)c1-c1cnn(C)c1. The van der Waals surface area contributed by atoms with Gasteiger partial charge in [-0.2, -0.15) is 5.10 Å². The van der Waals surface area contributed by atoms with E-state index in [0.717, 1.165) is 0 Å². The van der Waals surface area contributed by atoms with E-state index in [9.17, 15) is 9.90 Å². The summed E-state index contributed by atoms with van der Waals surface area (Å²) >= 11 is 0. The van der Waals surface area contributed by atoms with Gasteiger partial charge in [-0.05, 0) is 13.8 Å². The number of ether oxygens (including phenoxy) is 1. The highest BCUT2D eigenvalue weighted by molar-refractivity contribution is 5.93. The third-order valence-electron chi connectivity index (χ3n) is 3.14. The molecule has 2 atom stereocenters. The molecule has 8 nitrogen and oxygen atoms in total. The van der Waals surface area contributed by atoms with Crippen molar-refractivity contribution >= 4 is 5.97 Å². The van der Waals surface area contributed by atoms with Gasteiger partial charge in [-0.15, -0.1) is 5.10 Å². The molecule has 2 unspecified atom stereocenters. The van der Waals surface area contributed by atoms with E-state index in [0.29, 0.717) is 11.3 Å². The van der Waals surface area contributed by atoms with Crippen LogP contribution in [0.15, 0.2) is 12.4 Å². The number of hydrogen-bond donors (Lipinski definition) is 1. The van der Waals surface area contributed by atoms with Crippen LogP contribution in [0, 0.1) is 0 Å². The lowest BCUT2D eigenvalue weighted by atomic mass is 10.1. The van der Waals surface area contributed by atoms with Crippen molar-refractivity contribution < 1.29 is 14.6 Å². The van der Waals surface area contributed by atoms with Crippen LogP contribution < -0.4 is 0 Å². The van der Waals surface area contributed by atoms with Crippen LogP contribution >= 0.6 is 0 Å². The first kappa shape index (κ1) is 14.2. The molecule has 8 heteroatoms. The highest BCUT2D eigenvalue weighted by Gasteiger charge is 2.26. The summed E-state index contributed by atoms with van der Waals surface area (Å²) < 4.78 is 7.83. The van der Waals surface area contributed by atoms with Gasteiger partial charge >= 0.3 is 5.97 Å². The lowest BCUT2D eigenvalue weighted by molar-refractivity contribution is 0.0594. The van der Waals surface area contributed by atoms with Gasteiger partial charge in [0.25, 0.3) is 0 Å². The molecule has 0 amide bonds. The van der Waals surface area contributed by atoms with E-state index in [4.69, 9.17) is 4.74 Å². The molecule has 0 aliphatic carbocycles. The summed E-state index contributed by atoms with van der Waals surface area (Å²) in [6.45, 7) is 3.44. The number of esters is 1. The highest BCUT2D eigenvalue weighted by Crippen LogP contribution is 2.26. The average Bonchev–Trinajstić information content (AvgIpc) is 3.02. The van der Waals surface area contributed by atoms with Gasteiger partial charge in [0.15, 0.2) is 5.69 Å². The molecule has 108 valence electrons. The van der Waals surface area contributed by atoms with Crippen LogP contribution in [0.25, 0.3) is 11.3 Å². The van der Waals surface area contributed by atoms with Gasteiger partial charge in [0.05, 0.1) is 25.5 Å². The smallest absolute Gasteiger partial charge is 0.360 e. The van der Waals surface area contributed by atoms with Crippen LogP contribution in [0.3, 0.4) is 0 Å². The van der Waals surface area contributed by atoms with Gasteiger partial charge in [0, 0.05) is 18.8 Å². The van der Waals surface area contributed by atoms with Crippen molar-refractivity contribution in [3.05, 3.63) is 18.1 Å². The molecule has 2 heterocycles. The van der Waals surface area contributed by atoms with E-state index in [-0.39, 0.29) is 11.7 Å². The Morgan fingerprint density at radius 1 is 1.45 bits per heavy atom. The van der Waals surface area contributed by atoms with E-state index in [1.807, 2.05) is 0 Å². The number of nitrogens with zero attached hydrogens (tertiary/aromatic N) is 5. The minimum absolute atomic E-state index is 0.105. The summed E-state index contributed by atoms with van der Waals surface area (Å²) in [6.07, 6.45) is 2.71. The van der Waals surface area contributed by atoms with Crippen molar-refractivity contribution in [3.8, 4) is 11.3 Å². The first-order valence-electron chi connectivity index (χ1n) is 6.16. The topological polar surface area (TPSA) is 95.1 Å². The number of hydrogen-bond acceptors (Lipinski definition) is 6. The third-order valence-corrected chi connectivity index (χ3v) is 3.14. The second kappa shape index (κ2) is 5.41. The molecule has 0 fully saturated rings. The Hall–Kier alpha value is -2.22. The fourth-order valence-corrected chi connectivity index (χ4v) is 1.83. The molecule has 0 aliphatic rings. The summed E-state index contributed by atoms with van der Waals surface area (Å²) in [5.41, 5.74) is 1.27. The summed E-state index contributed by atoms with van der Waals surface area (Å²) in [5.74, 6) is -0.576. The van der Waals surface area contributed by atoms with Gasteiger partial charge in [0.2, 0.25) is 0 Å². The normalized spacial score (nSPS) is 14.1. The molecule has 0 aliphatic heterocycles. The zero-order chi connectivity index (χ0) is 14.9. The molecule has 0 aromatic carbocycles. The molecule has 1 N–H and O–H groups in total. The number of carbonyl (C=O) groups is 1. The summed E-state index contributed by atoms with van der Waals surface area (Å²) in [6, 6.07) is -0.337. The minimum atomic E-state index is -0.641. The third kappa shape index (κ3) is 2.42. The zero-order valence-electron chi connectivity index (χ0n) is 11.8. The first-order valence-corrected chi connectivity index (χ1v) is 6.16. The summed E-state index contributed by atoms with van der Waals surface area (Å²) in [4.78, 5) is 11.8. The maximum absolute atomic E-state index is 11.8. The quantitative estimate of drug-likeness (QED) is 0.814. The molecular weight excluding hydrogens is 262 g/mol.